The molecule has 164 valence electrons. The Labute approximate surface area is 182 Å². The highest BCUT2D eigenvalue weighted by Gasteiger charge is 2.42. The first kappa shape index (κ1) is 22.7. The summed E-state index contributed by atoms with van der Waals surface area (Å²) >= 11 is 0. The number of hydrogen-bond donors (Lipinski definition) is 2. The van der Waals surface area contributed by atoms with E-state index in [1.165, 1.54) is 4.90 Å². The number of ether oxygens (including phenoxy) is 1. The molecule has 0 spiro atoms. The average molecular weight is 424 g/mol. The second kappa shape index (κ2) is 10.9. The normalized spacial score (nSPS) is 16.3. The van der Waals surface area contributed by atoms with Gasteiger partial charge in [-0.05, 0) is 29.5 Å². The maximum Gasteiger partial charge on any atom is 0.290 e. The smallest absolute Gasteiger partial charge is 0.290 e. The van der Waals surface area contributed by atoms with E-state index in [4.69, 9.17) is 9.84 Å². The molecule has 31 heavy (non-hydrogen) atoms. The molecule has 1 unspecified atom stereocenters. The van der Waals surface area contributed by atoms with Crippen LogP contribution in [0.5, 0.6) is 0 Å². The Balaban J connectivity index is 1.85. The van der Waals surface area contributed by atoms with Crippen molar-refractivity contribution in [3.05, 3.63) is 82.6 Å². The number of nitrogens with zero attached hydrogens (tertiary/aromatic N) is 1. The van der Waals surface area contributed by atoms with E-state index < -0.39 is 17.7 Å². The van der Waals surface area contributed by atoms with Crippen LogP contribution >= 0.6 is 0 Å². The van der Waals surface area contributed by atoms with Gasteiger partial charge >= 0.3 is 0 Å². The Hall–Kier alpha value is -2.96. The predicted octanol–water partition coefficient (Wildman–Crippen LogP) is 3.16. The van der Waals surface area contributed by atoms with Gasteiger partial charge < -0.3 is 19.8 Å². The zero-order valence-corrected chi connectivity index (χ0v) is 17.8. The first-order valence-electron chi connectivity index (χ1n) is 10.7. The van der Waals surface area contributed by atoms with Crippen molar-refractivity contribution in [2.45, 2.75) is 32.2 Å². The number of carbonyl (C=O) groups excluding carboxylic acids is 2. The number of carbonyl (C=O) groups is 2. The third-order valence-electron chi connectivity index (χ3n) is 5.50. The number of hydrogen-bond acceptors (Lipinski definition) is 5. The molecule has 6 nitrogen and oxygen atoms in total. The van der Waals surface area contributed by atoms with Crippen LogP contribution in [0.15, 0.2) is 65.9 Å². The number of rotatable bonds is 11. The van der Waals surface area contributed by atoms with Gasteiger partial charge in [0.1, 0.15) is 0 Å². The number of aliphatic hydroxyl groups is 2. The van der Waals surface area contributed by atoms with Crippen molar-refractivity contribution in [2.24, 2.45) is 0 Å². The van der Waals surface area contributed by atoms with Gasteiger partial charge in [0.15, 0.2) is 11.5 Å². The topological polar surface area (TPSA) is 87.1 Å². The molecule has 2 N–H and O–H groups in total. The van der Waals surface area contributed by atoms with Crippen LogP contribution in [0.4, 0.5) is 0 Å². The summed E-state index contributed by atoms with van der Waals surface area (Å²) in [7, 11) is 0. The zero-order chi connectivity index (χ0) is 22.2. The van der Waals surface area contributed by atoms with Crippen molar-refractivity contribution in [3.63, 3.8) is 0 Å². The minimum Gasteiger partial charge on any atom is -0.503 e. The molecular formula is C25H29NO5. The monoisotopic (exact) mass is 423 g/mol. The van der Waals surface area contributed by atoms with Crippen molar-refractivity contribution in [2.75, 3.05) is 26.4 Å². The van der Waals surface area contributed by atoms with Crippen LogP contribution < -0.4 is 0 Å². The predicted molar refractivity (Wildman–Crippen MR) is 118 cm³/mol. The molecule has 0 fully saturated rings. The van der Waals surface area contributed by atoms with Gasteiger partial charge in [0, 0.05) is 13.0 Å². The highest BCUT2D eigenvalue weighted by molar-refractivity contribution is 6.09. The first-order chi connectivity index (χ1) is 15.1. The van der Waals surface area contributed by atoms with Crippen molar-refractivity contribution in [3.8, 4) is 0 Å². The van der Waals surface area contributed by atoms with E-state index in [0.717, 1.165) is 23.1 Å². The summed E-state index contributed by atoms with van der Waals surface area (Å²) in [4.78, 5) is 27.4. The summed E-state index contributed by atoms with van der Waals surface area (Å²) < 4.78 is 5.32. The third-order valence-corrected chi connectivity index (χ3v) is 5.50. The summed E-state index contributed by atoms with van der Waals surface area (Å²) in [6.07, 6.45) is 1.62. The van der Waals surface area contributed by atoms with Crippen LogP contribution in [0.2, 0.25) is 0 Å². The molecule has 0 saturated heterocycles. The van der Waals surface area contributed by atoms with Crippen LogP contribution in [-0.4, -0.2) is 53.2 Å². The maximum absolute atomic E-state index is 13.1. The number of benzene rings is 2. The number of aliphatic hydroxyl groups excluding tert-OH is 2. The number of Topliss-reactive ketones (excluding diaryl/α,β-unsaturated/α-hetero) is 1. The van der Waals surface area contributed by atoms with Gasteiger partial charge in [0.2, 0.25) is 0 Å². The molecule has 1 atom stereocenters. The molecule has 0 bridgehead atoms. The molecule has 2 aromatic rings. The minimum absolute atomic E-state index is 0.109. The lowest BCUT2D eigenvalue weighted by atomic mass is 9.92. The Kier molecular flexibility index (Phi) is 7.98. The SMILES string of the molecule is CCc1ccc(C2C(C(=O)CCc3ccccc3)=C(O)C(=O)N2CCOCCO)cc1. The van der Waals surface area contributed by atoms with E-state index in [0.29, 0.717) is 6.42 Å². The molecule has 1 aliphatic rings. The van der Waals surface area contributed by atoms with Crippen molar-refractivity contribution in [1.82, 2.24) is 4.90 Å². The fraction of sp³-hybridized carbons (Fsp3) is 0.360. The summed E-state index contributed by atoms with van der Waals surface area (Å²) in [5.41, 5.74) is 3.10. The summed E-state index contributed by atoms with van der Waals surface area (Å²) in [5, 5.41) is 19.5. The van der Waals surface area contributed by atoms with Gasteiger partial charge in [0.05, 0.1) is 31.4 Å². The molecule has 0 aromatic heterocycles. The van der Waals surface area contributed by atoms with Gasteiger partial charge in [-0.2, -0.15) is 0 Å². The van der Waals surface area contributed by atoms with Crippen LogP contribution in [0, 0.1) is 0 Å². The van der Waals surface area contributed by atoms with Crippen molar-refractivity contribution >= 4 is 11.7 Å². The van der Waals surface area contributed by atoms with E-state index >= 15 is 0 Å². The van der Waals surface area contributed by atoms with Gasteiger partial charge in [-0.3, -0.25) is 9.59 Å². The second-order valence-corrected chi connectivity index (χ2v) is 7.50. The third kappa shape index (κ3) is 5.40. The standard InChI is InChI=1S/C25H29NO5/c1-2-18-8-11-20(12-9-18)23-22(21(28)13-10-19-6-4-3-5-7-19)24(29)25(30)26(23)14-16-31-17-15-27/h3-9,11-12,23,27,29H,2,10,13-17H2,1H3. The number of amides is 1. The lowest BCUT2D eigenvalue weighted by Gasteiger charge is -2.27. The molecule has 0 saturated carbocycles. The van der Waals surface area contributed by atoms with E-state index in [1.807, 2.05) is 54.6 Å². The van der Waals surface area contributed by atoms with Gasteiger partial charge in [-0.25, -0.2) is 0 Å². The largest absolute Gasteiger partial charge is 0.503 e. The minimum atomic E-state index is -0.653. The molecular weight excluding hydrogens is 394 g/mol. The Morgan fingerprint density at radius 2 is 1.74 bits per heavy atom. The van der Waals surface area contributed by atoms with Crippen LogP contribution in [-0.2, 0) is 27.2 Å². The van der Waals surface area contributed by atoms with E-state index in [2.05, 4.69) is 6.92 Å². The highest BCUT2D eigenvalue weighted by Crippen LogP contribution is 2.38. The summed E-state index contributed by atoms with van der Waals surface area (Å²) in [6.45, 7) is 2.53. The molecule has 0 radical (unpaired) electrons. The Morgan fingerprint density at radius 1 is 1.03 bits per heavy atom. The molecule has 2 aromatic carbocycles. The zero-order valence-electron chi connectivity index (χ0n) is 17.8. The van der Waals surface area contributed by atoms with Gasteiger partial charge in [-0.15, -0.1) is 0 Å². The molecule has 3 rings (SSSR count). The van der Waals surface area contributed by atoms with Crippen LogP contribution in [0.1, 0.15) is 36.1 Å². The highest BCUT2D eigenvalue weighted by atomic mass is 16.5. The first-order valence-corrected chi connectivity index (χ1v) is 10.7. The summed E-state index contributed by atoms with van der Waals surface area (Å²) in [5.74, 6) is -1.29. The van der Waals surface area contributed by atoms with Crippen LogP contribution in [0.25, 0.3) is 0 Å². The molecule has 1 amide bonds. The second-order valence-electron chi connectivity index (χ2n) is 7.50. The number of aryl methyl sites for hydroxylation is 2. The molecule has 6 heteroatoms. The fourth-order valence-corrected chi connectivity index (χ4v) is 3.82. The Morgan fingerprint density at radius 3 is 2.39 bits per heavy atom. The van der Waals surface area contributed by atoms with E-state index in [9.17, 15) is 14.7 Å². The summed E-state index contributed by atoms with van der Waals surface area (Å²) in [6, 6.07) is 16.8. The van der Waals surface area contributed by atoms with Crippen LogP contribution in [0.3, 0.4) is 0 Å². The van der Waals surface area contributed by atoms with Crippen molar-refractivity contribution in [1.29, 1.82) is 0 Å². The van der Waals surface area contributed by atoms with Gasteiger partial charge in [-0.1, -0.05) is 61.5 Å². The average Bonchev–Trinajstić information content (AvgIpc) is 3.06. The van der Waals surface area contributed by atoms with E-state index in [1.54, 1.807) is 0 Å². The Bertz CT molecular complexity index is 921. The number of ketones is 1. The lowest BCUT2D eigenvalue weighted by Crippen LogP contribution is -2.34. The van der Waals surface area contributed by atoms with E-state index in [-0.39, 0.29) is 44.1 Å². The van der Waals surface area contributed by atoms with Gasteiger partial charge in [0.25, 0.3) is 5.91 Å². The lowest BCUT2D eigenvalue weighted by molar-refractivity contribution is -0.130. The molecule has 0 aliphatic carbocycles. The maximum atomic E-state index is 13.1. The van der Waals surface area contributed by atoms with Crippen molar-refractivity contribution < 1.29 is 24.5 Å². The molecule has 1 heterocycles. The fourth-order valence-electron chi connectivity index (χ4n) is 3.82. The quantitative estimate of drug-likeness (QED) is 0.542. The molecule has 1 aliphatic heterocycles.